The van der Waals surface area contributed by atoms with Crippen molar-refractivity contribution in [1.29, 1.82) is 0 Å². The van der Waals surface area contributed by atoms with E-state index in [1.165, 1.54) is 20.9 Å². The Labute approximate surface area is 114 Å². The van der Waals surface area contributed by atoms with Crippen molar-refractivity contribution in [2.24, 2.45) is 0 Å². The Morgan fingerprint density at radius 1 is 0.833 bits per heavy atom. The molecule has 2 aromatic rings. The standard InChI is InChI=1S/C17H20S/c1-13-7-5-6-8-16(13)18-15-11-9-14(10-12-15)17(2,3)4/h5-12H,1-4H3. The van der Waals surface area contributed by atoms with E-state index in [2.05, 4.69) is 76.2 Å². The van der Waals surface area contributed by atoms with Crippen molar-refractivity contribution in [3.8, 4) is 0 Å². The summed E-state index contributed by atoms with van der Waals surface area (Å²) in [5.41, 5.74) is 2.95. The first-order valence-electron chi connectivity index (χ1n) is 6.31. The van der Waals surface area contributed by atoms with Crippen LogP contribution in [-0.4, -0.2) is 0 Å². The lowest BCUT2D eigenvalue weighted by molar-refractivity contribution is 0.590. The van der Waals surface area contributed by atoms with Crippen LogP contribution in [0.5, 0.6) is 0 Å². The lowest BCUT2D eigenvalue weighted by atomic mass is 9.87. The predicted molar refractivity (Wildman–Crippen MR) is 80.4 cm³/mol. The van der Waals surface area contributed by atoms with E-state index in [1.807, 2.05) is 11.8 Å². The molecule has 0 aliphatic rings. The first kappa shape index (κ1) is 13.2. The first-order chi connectivity index (χ1) is 8.47. The zero-order chi connectivity index (χ0) is 13.2. The van der Waals surface area contributed by atoms with Crippen LogP contribution in [0.25, 0.3) is 0 Å². The third-order valence-electron chi connectivity index (χ3n) is 3.04. The zero-order valence-corrected chi connectivity index (χ0v) is 12.3. The molecule has 0 N–H and O–H groups in total. The minimum atomic E-state index is 0.228. The third-order valence-corrected chi connectivity index (χ3v) is 4.23. The second-order valence-corrected chi connectivity index (χ2v) is 6.76. The van der Waals surface area contributed by atoms with Crippen LogP contribution in [0.15, 0.2) is 58.3 Å². The minimum Gasteiger partial charge on any atom is -0.0898 e. The smallest absolute Gasteiger partial charge is 0.0151 e. The summed E-state index contributed by atoms with van der Waals surface area (Å²) in [6.45, 7) is 8.90. The molecule has 0 amide bonds. The molecule has 0 aliphatic heterocycles. The molecule has 0 spiro atoms. The molecule has 0 unspecified atom stereocenters. The molecule has 0 atom stereocenters. The van der Waals surface area contributed by atoms with Gasteiger partial charge in [0.2, 0.25) is 0 Å². The van der Waals surface area contributed by atoms with Crippen molar-refractivity contribution in [2.45, 2.75) is 42.9 Å². The molecule has 0 heterocycles. The van der Waals surface area contributed by atoms with Crippen LogP contribution in [0, 0.1) is 6.92 Å². The molecule has 0 saturated heterocycles. The second kappa shape index (κ2) is 5.19. The highest BCUT2D eigenvalue weighted by atomic mass is 32.2. The molecule has 94 valence electrons. The summed E-state index contributed by atoms with van der Waals surface area (Å²) >= 11 is 1.83. The molecule has 0 nitrogen and oxygen atoms in total. The van der Waals surface area contributed by atoms with Gasteiger partial charge in [-0.3, -0.25) is 0 Å². The number of hydrogen-bond donors (Lipinski definition) is 0. The lowest BCUT2D eigenvalue weighted by Gasteiger charge is -2.19. The van der Waals surface area contributed by atoms with Gasteiger partial charge in [-0.15, -0.1) is 0 Å². The van der Waals surface area contributed by atoms with E-state index in [-0.39, 0.29) is 5.41 Å². The van der Waals surface area contributed by atoms with E-state index >= 15 is 0 Å². The highest BCUT2D eigenvalue weighted by molar-refractivity contribution is 7.99. The van der Waals surface area contributed by atoms with Gasteiger partial charge in [0.15, 0.2) is 0 Å². The van der Waals surface area contributed by atoms with Crippen LogP contribution < -0.4 is 0 Å². The fourth-order valence-corrected chi connectivity index (χ4v) is 2.72. The van der Waals surface area contributed by atoms with Gasteiger partial charge in [-0.25, -0.2) is 0 Å². The molecule has 1 heteroatoms. The molecular formula is C17H20S. The molecule has 0 aromatic heterocycles. The highest BCUT2D eigenvalue weighted by Gasteiger charge is 2.12. The Bertz CT molecular complexity index is 518. The van der Waals surface area contributed by atoms with Crippen LogP contribution in [0.2, 0.25) is 0 Å². The molecule has 2 aromatic carbocycles. The summed E-state index contributed by atoms with van der Waals surface area (Å²) in [6, 6.07) is 17.4. The van der Waals surface area contributed by atoms with E-state index in [1.54, 1.807) is 0 Å². The van der Waals surface area contributed by atoms with Gasteiger partial charge in [-0.05, 0) is 41.7 Å². The number of rotatable bonds is 2. The van der Waals surface area contributed by atoms with E-state index in [0.29, 0.717) is 0 Å². The number of aryl methyl sites for hydroxylation is 1. The molecule has 18 heavy (non-hydrogen) atoms. The number of benzene rings is 2. The second-order valence-electron chi connectivity index (χ2n) is 5.64. The predicted octanol–water partition coefficient (Wildman–Crippen LogP) is 5.44. The quantitative estimate of drug-likeness (QED) is 0.689. The summed E-state index contributed by atoms with van der Waals surface area (Å²) < 4.78 is 0. The van der Waals surface area contributed by atoms with Gasteiger partial charge >= 0.3 is 0 Å². The van der Waals surface area contributed by atoms with Gasteiger partial charge in [-0.2, -0.15) is 0 Å². The molecule has 0 saturated carbocycles. The van der Waals surface area contributed by atoms with Crippen molar-refractivity contribution >= 4 is 11.8 Å². The van der Waals surface area contributed by atoms with Crippen molar-refractivity contribution in [1.82, 2.24) is 0 Å². The van der Waals surface area contributed by atoms with Gasteiger partial charge in [-0.1, -0.05) is 62.9 Å². The molecular weight excluding hydrogens is 236 g/mol. The summed E-state index contributed by atoms with van der Waals surface area (Å²) in [4.78, 5) is 2.64. The van der Waals surface area contributed by atoms with Crippen molar-refractivity contribution < 1.29 is 0 Å². The van der Waals surface area contributed by atoms with E-state index < -0.39 is 0 Å². The highest BCUT2D eigenvalue weighted by Crippen LogP contribution is 2.31. The summed E-state index contributed by atoms with van der Waals surface area (Å²) in [6.07, 6.45) is 0. The maximum absolute atomic E-state index is 2.25. The Hall–Kier alpha value is -1.21. The van der Waals surface area contributed by atoms with Gasteiger partial charge in [0.25, 0.3) is 0 Å². The van der Waals surface area contributed by atoms with Crippen LogP contribution >= 0.6 is 11.8 Å². The zero-order valence-electron chi connectivity index (χ0n) is 11.5. The van der Waals surface area contributed by atoms with Gasteiger partial charge < -0.3 is 0 Å². The topological polar surface area (TPSA) is 0 Å². The Balaban J connectivity index is 2.19. The summed E-state index contributed by atoms with van der Waals surface area (Å²) in [5, 5.41) is 0. The maximum Gasteiger partial charge on any atom is 0.0151 e. The van der Waals surface area contributed by atoms with Gasteiger partial charge in [0, 0.05) is 9.79 Å². The minimum absolute atomic E-state index is 0.228. The number of hydrogen-bond acceptors (Lipinski definition) is 1. The van der Waals surface area contributed by atoms with Gasteiger partial charge in [0.1, 0.15) is 0 Å². The van der Waals surface area contributed by atoms with Crippen molar-refractivity contribution in [3.63, 3.8) is 0 Å². The van der Waals surface area contributed by atoms with Crippen LogP contribution in [0.4, 0.5) is 0 Å². The largest absolute Gasteiger partial charge is 0.0898 e. The molecule has 0 fully saturated rings. The van der Waals surface area contributed by atoms with E-state index in [0.717, 1.165) is 0 Å². The third kappa shape index (κ3) is 3.17. The van der Waals surface area contributed by atoms with Gasteiger partial charge in [0.05, 0.1) is 0 Å². The normalized spacial score (nSPS) is 11.6. The van der Waals surface area contributed by atoms with Crippen LogP contribution in [0.1, 0.15) is 31.9 Å². The Kier molecular flexibility index (Phi) is 3.82. The lowest BCUT2D eigenvalue weighted by Crippen LogP contribution is -2.10. The molecule has 2 rings (SSSR count). The average Bonchev–Trinajstić information content (AvgIpc) is 2.32. The Morgan fingerprint density at radius 3 is 2.00 bits per heavy atom. The van der Waals surface area contributed by atoms with Crippen LogP contribution in [0.3, 0.4) is 0 Å². The SMILES string of the molecule is Cc1ccccc1Sc1ccc(C(C)(C)C)cc1. The van der Waals surface area contributed by atoms with Crippen molar-refractivity contribution in [3.05, 3.63) is 59.7 Å². The molecule has 0 radical (unpaired) electrons. The summed E-state index contributed by atoms with van der Waals surface area (Å²) in [5.74, 6) is 0. The fourth-order valence-electron chi connectivity index (χ4n) is 1.82. The average molecular weight is 256 g/mol. The van der Waals surface area contributed by atoms with Crippen molar-refractivity contribution in [2.75, 3.05) is 0 Å². The molecule has 0 aliphatic carbocycles. The Morgan fingerprint density at radius 2 is 1.44 bits per heavy atom. The maximum atomic E-state index is 2.25. The van der Waals surface area contributed by atoms with E-state index in [9.17, 15) is 0 Å². The van der Waals surface area contributed by atoms with E-state index in [4.69, 9.17) is 0 Å². The monoisotopic (exact) mass is 256 g/mol. The van der Waals surface area contributed by atoms with Crippen LogP contribution in [-0.2, 0) is 5.41 Å². The summed E-state index contributed by atoms with van der Waals surface area (Å²) in [7, 11) is 0. The first-order valence-corrected chi connectivity index (χ1v) is 7.12. The fraction of sp³-hybridized carbons (Fsp3) is 0.294. The molecule has 0 bridgehead atoms.